The largest absolute Gasteiger partial charge is 0.372 e. The highest BCUT2D eigenvalue weighted by Crippen LogP contribution is 2.57. The predicted octanol–water partition coefficient (Wildman–Crippen LogP) is 3.77. The van der Waals surface area contributed by atoms with Crippen molar-refractivity contribution in [1.82, 2.24) is 0 Å². The normalized spacial score (nSPS) is 49.6. The maximum atomic E-state index is 6.40. The van der Waals surface area contributed by atoms with Gasteiger partial charge in [0.15, 0.2) is 0 Å². The summed E-state index contributed by atoms with van der Waals surface area (Å²) in [5.41, 5.74) is 0.324. The molecule has 0 saturated heterocycles. The Balaban J connectivity index is 1.75. The van der Waals surface area contributed by atoms with E-state index in [4.69, 9.17) is 4.74 Å². The minimum Gasteiger partial charge on any atom is -0.372 e. The lowest BCUT2D eigenvalue weighted by Gasteiger charge is -2.57. The Hall–Kier alpha value is -0.0400. The Bertz CT molecular complexity index is 210. The lowest BCUT2D eigenvalue weighted by Crippen LogP contribution is -2.53. The van der Waals surface area contributed by atoms with E-state index in [1.807, 2.05) is 0 Å². The van der Waals surface area contributed by atoms with Gasteiger partial charge in [0.25, 0.3) is 0 Å². The van der Waals surface area contributed by atoms with E-state index in [0.717, 1.165) is 17.8 Å². The van der Waals surface area contributed by atoms with E-state index in [1.54, 1.807) is 0 Å². The molecule has 0 aliphatic heterocycles. The van der Waals surface area contributed by atoms with Gasteiger partial charge < -0.3 is 4.74 Å². The molecule has 15 heavy (non-hydrogen) atoms. The first-order valence-corrected chi connectivity index (χ1v) is 6.87. The highest BCUT2D eigenvalue weighted by Gasteiger charge is 2.52. The first kappa shape index (κ1) is 10.1. The Morgan fingerprint density at radius 3 is 1.93 bits per heavy atom. The summed E-state index contributed by atoms with van der Waals surface area (Å²) in [5.74, 6) is 3.04. The average molecular weight is 208 g/mol. The molecule has 0 aromatic carbocycles. The quantitative estimate of drug-likeness (QED) is 0.686. The molecule has 0 aromatic rings. The van der Waals surface area contributed by atoms with Crippen molar-refractivity contribution < 1.29 is 4.74 Å². The molecular weight excluding hydrogens is 184 g/mol. The molecule has 0 radical (unpaired) electrons. The van der Waals surface area contributed by atoms with Crippen molar-refractivity contribution in [2.24, 2.45) is 17.8 Å². The van der Waals surface area contributed by atoms with Crippen LogP contribution in [0.15, 0.2) is 0 Å². The van der Waals surface area contributed by atoms with Crippen LogP contribution in [0.5, 0.6) is 0 Å². The second-order valence-corrected chi connectivity index (χ2v) is 6.44. The zero-order chi connectivity index (χ0) is 10.5. The van der Waals surface area contributed by atoms with Gasteiger partial charge >= 0.3 is 0 Å². The van der Waals surface area contributed by atoms with Gasteiger partial charge in [-0.3, -0.25) is 0 Å². The molecule has 86 valence electrons. The molecular formula is C14H24O. The second kappa shape index (κ2) is 3.48. The van der Waals surface area contributed by atoms with Crippen LogP contribution in [0.1, 0.15) is 58.8 Å². The number of hydrogen-bond donors (Lipinski definition) is 0. The van der Waals surface area contributed by atoms with Gasteiger partial charge in [-0.05, 0) is 69.6 Å². The van der Waals surface area contributed by atoms with Gasteiger partial charge in [-0.2, -0.15) is 0 Å². The smallest absolute Gasteiger partial charge is 0.0694 e. The molecule has 0 N–H and O–H groups in total. The van der Waals surface area contributed by atoms with E-state index >= 15 is 0 Å². The number of rotatable bonds is 3. The maximum Gasteiger partial charge on any atom is 0.0694 e. The molecule has 0 aromatic heterocycles. The van der Waals surface area contributed by atoms with Crippen LogP contribution in [0.2, 0.25) is 0 Å². The van der Waals surface area contributed by atoms with Crippen LogP contribution >= 0.6 is 0 Å². The summed E-state index contributed by atoms with van der Waals surface area (Å²) in [6.45, 7) is 4.49. The fourth-order valence-corrected chi connectivity index (χ4v) is 4.69. The number of hydrogen-bond acceptors (Lipinski definition) is 1. The third kappa shape index (κ3) is 1.73. The fourth-order valence-electron chi connectivity index (χ4n) is 4.69. The molecule has 4 fully saturated rings. The monoisotopic (exact) mass is 208 g/mol. The van der Waals surface area contributed by atoms with Crippen LogP contribution in [0, 0.1) is 17.8 Å². The minimum absolute atomic E-state index is 0.324. The van der Waals surface area contributed by atoms with E-state index in [9.17, 15) is 0 Å². The van der Waals surface area contributed by atoms with Crippen molar-refractivity contribution in [1.29, 1.82) is 0 Å². The molecule has 0 amide bonds. The fraction of sp³-hybridized carbons (Fsp3) is 1.00. The summed E-state index contributed by atoms with van der Waals surface area (Å²) in [7, 11) is 0. The summed E-state index contributed by atoms with van der Waals surface area (Å²) in [5, 5.41) is 0. The summed E-state index contributed by atoms with van der Waals surface area (Å²) < 4.78 is 6.40. The Morgan fingerprint density at radius 1 is 1.07 bits per heavy atom. The van der Waals surface area contributed by atoms with Crippen LogP contribution in [-0.2, 0) is 4.74 Å². The van der Waals surface area contributed by atoms with Crippen LogP contribution in [0.3, 0.4) is 0 Å². The summed E-state index contributed by atoms with van der Waals surface area (Å²) in [6.07, 6.45) is 10.3. The van der Waals surface area contributed by atoms with Crippen molar-refractivity contribution in [2.45, 2.75) is 70.5 Å². The van der Waals surface area contributed by atoms with Gasteiger partial charge in [-0.15, -0.1) is 0 Å². The van der Waals surface area contributed by atoms with Crippen molar-refractivity contribution in [3.63, 3.8) is 0 Å². The highest BCUT2D eigenvalue weighted by atomic mass is 16.5. The number of ether oxygens (including phenoxy) is 1. The predicted molar refractivity (Wildman–Crippen MR) is 61.7 cm³/mol. The Kier molecular flexibility index (Phi) is 2.35. The van der Waals surface area contributed by atoms with Crippen molar-refractivity contribution >= 4 is 0 Å². The first-order valence-electron chi connectivity index (χ1n) is 6.87. The Morgan fingerprint density at radius 2 is 1.53 bits per heavy atom. The van der Waals surface area contributed by atoms with Gasteiger partial charge in [0.05, 0.1) is 11.7 Å². The van der Waals surface area contributed by atoms with Gasteiger partial charge in [-0.25, -0.2) is 0 Å². The summed E-state index contributed by atoms with van der Waals surface area (Å²) in [6, 6.07) is 0. The van der Waals surface area contributed by atoms with Gasteiger partial charge in [0.2, 0.25) is 0 Å². The van der Waals surface area contributed by atoms with E-state index in [1.165, 1.54) is 44.9 Å². The first-order chi connectivity index (χ1) is 7.19. The average Bonchev–Trinajstić information content (AvgIpc) is 2.14. The molecule has 1 nitrogen and oxygen atoms in total. The molecule has 4 saturated carbocycles. The molecule has 4 aliphatic carbocycles. The molecule has 1 heteroatoms. The van der Waals surface area contributed by atoms with Crippen LogP contribution in [0.25, 0.3) is 0 Å². The van der Waals surface area contributed by atoms with Gasteiger partial charge in [-0.1, -0.05) is 6.92 Å². The third-order valence-electron chi connectivity index (χ3n) is 5.01. The Labute approximate surface area is 93.6 Å². The van der Waals surface area contributed by atoms with Crippen LogP contribution < -0.4 is 0 Å². The summed E-state index contributed by atoms with van der Waals surface area (Å²) in [4.78, 5) is 0. The lowest BCUT2D eigenvalue weighted by atomic mass is 9.54. The zero-order valence-corrected chi connectivity index (χ0v) is 10.2. The SMILES string of the molecule is CCC(C)OC12CC3CC(CC(C3)C1)C2. The third-order valence-corrected chi connectivity index (χ3v) is 5.01. The van der Waals surface area contributed by atoms with Gasteiger partial charge in [0, 0.05) is 0 Å². The van der Waals surface area contributed by atoms with Gasteiger partial charge in [0.1, 0.15) is 0 Å². The lowest BCUT2D eigenvalue weighted by molar-refractivity contribution is -0.184. The molecule has 1 unspecified atom stereocenters. The summed E-state index contributed by atoms with van der Waals surface area (Å²) >= 11 is 0. The standard InChI is InChI=1S/C14H24O/c1-3-10(2)15-14-7-11-4-12(8-14)6-13(5-11)9-14/h10-13H,3-9H2,1-2H3. The van der Waals surface area contributed by atoms with E-state index < -0.39 is 0 Å². The molecule has 4 aliphatic rings. The molecule has 0 heterocycles. The topological polar surface area (TPSA) is 9.23 Å². The zero-order valence-electron chi connectivity index (χ0n) is 10.2. The second-order valence-electron chi connectivity index (χ2n) is 6.44. The van der Waals surface area contributed by atoms with Crippen LogP contribution in [-0.4, -0.2) is 11.7 Å². The highest BCUT2D eigenvalue weighted by molar-refractivity contribution is 5.03. The minimum atomic E-state index is 0.324. The van der Waals surface area contributed by atoms with E-state index in [2.05, 4.69) is 13.8 Å². The molecule has 0 spiro atoms. The van der Waals surface area contributed by atoms with Crippen molar-refractivity contribution in [3.8, 4) is 0 Å². The van der Waals surface area contributed by atoms with Crippen molar-refractivity contribution in [3.05, 3.63) is 0 Å². The maximum absolute atomic E-state index is 6.40. The van der Waals surface area contributed by atoms with E-state index in [-0.39, 0.29) is 0 Å². The van der Waals surface area contributed by atoms with E-state index in [0.29, 0.717) is 11.7 Å². The molecule has 1 atom stereocenters. The molecule has 4 bridgehead atoms. The molecule has 4 rings (SSSR count). The van der Waals surface area contributed by atoms with Crippen molar-refractivity contribution in [2.75, 3.05) is 0 Å². The van der Waals surface area contributed by atoms with Crippen LogP contribution in [0.4, 0.5) is 0 Å².